The number of carboxylic acid groups (broad SMARTS) is 1. The van der Waals surface area contributed by atoms with Gasteiger partial charge in [-0.15, -0.1) is 0 Å². The Kier molecular flexibility index (Phi) is 2.41. The van der Waals surface area contributed by atoms with Crippen molar-refractivity contribution < 1.29 is 14.3 Å². The number of hydrogen-bond donors (Lipinski definition) is 1. The SMILES string of the molecule is CCC(C(=O)O)c1coc2ccncc12. The van der Waals surface area contributed by atoms with Gasteiger partial charge in [0.05, 0.1) is 12.2 Å². The summed E-state index contributed by atoms with van der Waals surface area (Å²) in [7, 11) is 0. The van der Waals surface area contributed by atoms with Crippen LogP contribution >= 0.6 is 0 Å². The molecule has 78 valence electrons. The Morgan fingerprint density at radius 3 is 3.13 bits per heavy atom. The average Bonchev–Trinajstić information content (AvgIpc) is 2.63. The second-order valence-electron chi connectivity index (χ2n) is 3.36. The van der Waals surface area contributed by atoms with Crippen LogP contribution in [0.25, 0.3) is 11.0 Å². The number of aliphatic carboxylic acids is 1. The Morgan fingerprint density at radius 1 is 1.67 bits per heavy atom. The van der Waals surface area contributed by atoms with Crippen molar-refractivity contribution in [3.8, 4) is 0 Å². The summed E-state index contributed by atoms with van der Waals surface area (Å²) in [4.78, 5) is 15.0. The lowest BCUT2D eigenvalue weighted by atomic mass is 9.97. The van der Waals surface area contributed by atoms with Crippen LogP contribution in [0.5, 0.6) is 0 Å². The molecule has 4 nitrogen and oxygen atoms in total. The summed E-state index contributed by atoms with van der Waals surface area (Å²) in [6.45, 7) is 1.84. The first kappa shape index (κ1) is 9.71. The Morgan fingerprint density at radius 2 is 2.47 bits per heavy atom. The van der Waals surface area contributed by atoms with Gasteiger partial charge in [0.1, 0.15) is 5.58 Å². The zero-order chi connectivity index (χ0) is 10.8. The van der Waals surface area contributed by atoms with Gasteiger partial charge in [-0.25, -0.2) is 0 Å². The minimum Gasteiger partial charge on any atom is -0.481 e. The van der Waals surface area contributed by atoms with E-state index in [1.165, 1.54) is 6.26 Å². The topological polar surface area (TPSA) is 63.3 Å². The number of rotatable bonds is 3. The van der Waals surface area contributed by atoms with Crippen molar-refractivity contribution in [3.63, 3.8) is 0 Å². The molecule has 0 saturated carbocycles. The molecule has 0 aliphatic carbocycles. The number of hydrogen-bond acceptors (Lipinski definition) is 3. The third-order valence-electron chi connectivity index (χ3n) is 2.49. The molecule has 2 heterocycles. The number of carbonyl (C=O) groups is 1. The summed E-state index contributed by atoms with van der Waals surface area (Å²) in [6, 6.07) is 1.73. The molecule has 0 aromatic carbocycles. The van der Waals surface area contributed by atoms with Crippen LogP contribution in [-0.2, 0) is 4.79 Å². The van der Waals surface area contributed by atoms with Crippen LogP contribution in [-0.4, -0.2) is 16.1 Å². The molecule has 0 saturated heterocycles. The Balaban J connectivity index is 2.55. The van der Waals surface area contributed by atoms with Crippen molar-refractivity contribution in [1.82, 2.24) is 4.98 Å². The minimum atomic E-state index is -0.830. The quantitative estimate of drug-likeness (QED) is 0.835. The first-order chi connectivity index (χ1) is 7.24. The van der Waals surface area contributed by atoms with E-state index in [0.29, 0.717) is 17.6 Å². The number of pyridine rings is 1. The highest BCUT2D eigenvalue weighted by Gasteiger charge is 2.21. The van der Waals surface area contributed by atoms with Gasteiger partial charge in [0.15, 0.2) is 0 Å². The average molecular weight is 205 g/mol. The predicted molar refractivity (Wildman–Crippen MR) is 54.7 cm³/mol. The number of carboxylic acids is 1. The smallest absolute Gasteiger partial charge is 0.311 e. The largest absolute Gasteiger partial charge is 0.481 e. The molecule has 0 fully saturated rings. The van der Waals surface area contributed by atoms with Crippen LogP contribution in [0.15, 0.2) is 29.1 Å². The first-order valence-electron chi connectivity index (χ1n) is 4.78. The third-order valence-corrected chi connectivity index (χ3v) is 2.49. The maximum absolute atomic E-state index is 11.0. The molecule has 0 radical (unpaired) electrons. The fourth-order valence-corrected chi connectivity index (χ4v) is 1.69. The third kappa shape index (κ3) is 1.58. The van der Waals surface area contributed by atoms with Gasteiger partial charge in [-0.1, -0.05) is 6.92 Å². The van der Waals surface area contributed by atoms with Crippen LogP contribution in [0.3, 0.4) is 0 Å². The molecule has 2 rings (SSSR count). The molecule has 0 aliphatic rings. The van der Waals surface area contributed by atoms with Gasteiger partial charge in [0, 0.05) is 23.3 Å². The van der Waals surface area contributed by atoms with Crippen LogP contribution in [0.4, 0.5) is 0 Å². The Bertz CT molecular complexity index is 489. The highest BCUT2D eigenvalue weighted by molar-refractivity contribution is 5.87. The summed E-state index contributed by atoms with van der Waals surface area (Å²) in [5.74, 6) is -1.35. The van der Waals surface area contributed by atoms with Crippen LogP contribution in [0, 0.1) is 0 Å². The van der Waals surface area contributed by atoms with Gasteiger partial charge >= 0.3 is 5.97 Å². The maximum Gasteiger partial charge on any atom is 0.311 e. The Hall–Kier alpha value is -1.84. The Labute approximate surface area is 86.5 Å². The number of fused-ring (bicyclic) bond motifs is 1. The molecule has 0 amide bonds. The molecular formula is C11H11NO3. The fraction of sp³-hybridized carbons (Fsp3) is 0.273. The minimum absolute atomic E-state index is 0.518. The molecule has 4 heteroatoms. The molecule has 2 aromatic rings. The normalized spacial score (nSPS) is 12.9. The zero-order valence-electron chi connectivity index (χ0n) is 8.30. The van der Waals surface area contributed by atoms with E-state index in [4.69, 9.17) is 9.52 Å². The summed E-state index contributed by atoms with van der Waals surface area (Å²) < 4.78 is 5.28. The van der Waals surface area contributed by atoms with Crippen LogP contribution in [0.2, 0.25) is 0 Å². The van der Waals surface area contributed by atoms with Gasteiger partial charge in [-0.3, -0.25) is 9.78 Å². The van der Waals surface area contributed by atoms with E-state index in [0.717, 1.165) is 5.39 Å². The second-order valence-corrected chi connectivity index (χ2v) is 3.36. The van der Waals surface area contributed by atoms with Crippen LogP contribution in [0.1, 0.15) is 24.8 Å². The maximum atomic E-state index is 11.0. The highest BCUT2D eigenvalue weighted by atomic mass is 16.4. The molecular weight excluding hydrogens is 194 g/mol. The van der Waals surface area contributed by atoms with Crippen molar-refractivity contribution in [3.05, 3.63) is 30.3 Å². The molecule has 1 unspecified atom stereocenters. The summed E-state index contributed by atoms with van der Waals surface area (Å²) in [5.41, 5.74) is 1.38. The summed E-state index contributed by atoms with van der Waals surface area (Å²) in [6.07, 6.45) is 5.31. The van der Waals surface area contributed by atoms with E-state index >= 15 is 0 Å². The van der Waals surface area contributed by atoms with Gasteiger partial charge in [0.25, 0.3) is 0 Å². The van der Waals surface area contributed by atoms with Crippen molar-refractivity contribution >= 4 is 16.9 Å². The van der Waals surface area contributed by atoms with Crippen molar-refractivity contribution in [2.45, 2.75) is 19.3 Å². The molecule has 0 bridgehead atoms. The highest BCUT2D eigenvalue weighted by Crippen LogP contribution is 2.29. The molecule has 15 heavy (non-hydrogen) atoms. The summed E-state index contributed by atoms with van der Waals surface area (Å²) >= 11 is 0. The number of furan rings is 1. The van der Waals surface area contributed by atoms with Crippen molar-refractivity contribution in [1.29, 1.82) is 0 Å². The van der Waals surface area contributed by atoms with Crippen molar-refractivity contribution in [2.75, 3.05) is 0 Å². The van der Waals surface area contributed by atoms with Gasteiger partial charge in [-0.05, 0) is 12.5 Å². The monoisotopic (exact) mass is 205 g/mol. The molecule has 0 spiro atoms. The van der Waals surface area contributed by atoms with Gasteiger partial charge < -0.3 is 9.52 Å². The second kappa shape index (κ2) is 3.73. The lowest BCUT2D eigenvalue weighted by molar-refractivity contribution is -0.138. The molecule has 1 N–H and O–H groups in total. The lowest BCUT2D eigenvalue weighted by Crippen LogP contribution is -2.09. The van der Waals surface area contributed by atoms with E-state index in [-0.39, 0.29) is 0 Å². The van der Waals surface area contributed by atoms with E-state index in [1.54, 1.807) is 18.5 Å². The molecule has 2 aromatic heterocycles. The number of aromatic nitrogens is 1. The summed E-state index contributed by atoms with van der Waals surface area (Å²) in [5, 5.41) is 9.83. The molecule has 0 aliphatic heterocycles. The molecule has 1 atom stereocenters. The van der Waals surface area contributed by atoms with Gasteiger partial charge in [-0.2, -0.15) is 0 Å². The van der Waals surface area contributed by atoms with E-state index in [2.05, 4.69) is 4.98 Å². The van der Waals surface area contributed by atoms with Crippen molar-refractivity contribution in [2.24, 2.45) is 0 Å². The lowest BCUT2D eigenvalue weighted by Gasteiger charge is -2.06. The number of nitrogens with zero attached hydrogens (tertiary/aromatic N) is 1. The zero-order valence-corrected chi connectivity index (χ0v) is 8.30. The fourth-order valence-electron chi connectivity index (χ4n) is 1.69. The predicted octanol–water partition coefficient (Wildman–Crippen LogP) is 2.41. The van der Waals surface area contributed by atoms with Crippen LogP contribution < -0.4 is 0 Å². The van der Waals surface area contributed by atoms with E-state index in [9.17, 15) is 4.79 Å². The van der Waals surface area contributed by atoms with E-state index in [1.807, 2.05) is 6.92 Å². The first-order valence-corrected chi connectivity index (χ1v) is 4.78. The standard InChI is InChI=1S/C11H11NO3/c1-2-7(11(13)14)9-6-15-10-3-4-12-5-8(9)10/h3-7H,2H2,1H3,(H,13,14). The van der Waals surface area contributed by atoms with Gasteiger partial charge in [0.2, 0.25) is 0 Å². The van der Waals surface area contributed by atoms with E-state index < -0.39 is 11.9 Å².